The molecule has 2 atom stereocenters. The first-order chi connectivity index (χ1) is 13.6. The Morgan fingerprint density at radius 1 is 1.14 bits per heavy atom. The van der Waals surface area contributed by atoms with Crippen LogP contribution in [0.2, 0.25) is 0 Å². The number of hydrogen-bond acceptors (Lipinski definition) is 3. The highest BCUT2D eigenvalue weighted by Gasteiger charge is 2.46. The van der Waals surface area contributed by atoms with Crippen molar-refractivity contribution in [2.45, 2.75) is 44.3 Å². The first kappa shape index (κ1) is 19.0. The molecule has 0 saturated carbocycles. The maximum Gasteiger partial charge on any atom is 0.318 e. The molecule has 2 unspecified atom stereocenters. The minimum Gasteiger partial charge on any atom is -0.341 e. The number of amides is 3. The molecule has 1 N–H and O–H groups in total. The van der Waals surface area contributed by atoms with Gasteiger partial charge in [0.1, 0.15) is 0 Å². The van der Waals surface area contributed by atoms with Gasteiger partial charge in [-0.15, -0.1) is 0 Å². The molecule has 3 fully saturated rings. The second-order valence-electron chi connectivity index (χ2n) is 8.13. The number of urea groups is 1. The van der Waals surface area contributed by atoms with Gasteiger partial charge in [-0.3, -0.25) is 9.69 Å². The summed E-state index contributed by atoms with van der Waals surface area (Å²) in [5.41, 5.74) is 1.23. The number of carbonyl (C=O) groups is 2. The second-order valence-corrected chi connectivity index (χ2v) is 8.13. The smallest absolute Gasteiger partial charge is 0.318 e. The van der Waals surface area contributed by atoms with Crippen LogP contribution in [0.1, 0.15) is 31.7 Å². The van der Waals surface area contributed by atoms with Crippen molar-refractivity contribution < 1.29 is 9.59 Å². The molecule has 150 valence electrons. The minimum atomic E-state index is 0.0582. The number of nitrogens with one attached hydrogen (secondary N) is 1. The topological polar surface area (TPSA) is 55.9 Å². The van der Waals surface area contributed by atoms with Gasteiger partial charge in [0, 0.05) is 45.7 Å². The van der Waals surface area contributed by atoms with Crippen molar-refractivity contribution in [1.29, 1.82) is 0 Å². The molecular formula is C22H30N4O2. The zero-order valence-corrected chi connectivity index (χ0v) is 16.6. The number of benzene rings is 1. The average Bonchev–Trinajstić information content (AvgIpc) is 3.04. The van der Waals surface area contributed by atoms with E-state index in [0.717, 1.165) is 45.4 Å². The molecule has 0 spiro atoms. The van der Waals surface area contributed by atoms with Crippen LogP contribution in [0.4, 0.5) is 4.79 Å². The van der Waals surface area contributed by atoms with E-state index in [9.17, 15) is 9.59 Å². The Morgan fingerprint density at radius 2 is 1.89 bits per heavy atom. The first-order valence-electron chi connectivity index (χ1n) is 10.4. The fourth-order valence-electron chi connectivity index (χ4n) is 4.80. The summed E-state index contributed by atoms with van der Waals surface area (Å²) in [7, 11) is 0. The number of piperidine rings is 2. The molecule has 3 amide bonds. The Kier molecular flexibility index (Phi) is 5.67. The van der Waals surface area contributed by atoms with E-state index in [-0.39, 0.29) is 24.0 Å². The molecule has 0 bridgehead atoms. The van der Waals surface area contributed by atoms with E-state index in [1.165, 1.54) is 5.56 Å². The van der Waals surface area contributed by atoms with Gasteiger partial charge in [-0.1, -0.05) is 42.5 Å². The maximum absolute atomic E-state index is 12.6. The van der Waals surface area contributed by atoms with Crippen molar-refractivity contribution in [2.75, 3.05) is 32.7 Å². The molecule has 1 aromatic rings. The van der Waals surface area contributed by atoms with E-state index in [4.69, 9.17) is 0 Å². The molecule has 0 aromatic heterocycles. The number of fused-ring (bicyclic) bond motifs is 1. The molecule has 3 aliphatic rings. The van der Waals surface area contributed by atoms with Crippen LogP contribution in [0.25, 0.3) is 6.08 Å². The third-order valence-corrected chi connectivity index (χ3v) is 6.35. The predicted octanol–water partition coefficient (Wildman–Crippen LogP) is 2.18. The van der Waals surface area contributed by atoms with Crippen molar-refractivity contribution in [2.24, 2.45) is 0 Å². The predicted molar refractivity (Wildman–Crippen MR) is 110 cm³/mol. The van der Waals surface area contributed by atoms with Crippen LogP contribution in [0.3, 0.4) is 0 Å². The molecule has 0 aliphatic carbocycles. The number of hydrogen-bond donors (Lipinski definition) is 1. The SMILES string of the molecule is CC(=O)N1CCC2C(C1)NC(=O)N2C1CCN(C/C=C/c2ccccc2)CC1. The third-order valence-electron chi connectivity index (χ3n) is 6.35. The van der Waals surface area contributed by atoms with E-state index in [1.54, 1.807) is 6.92 Å². The molecule has 1 aromatic carbocycles. The fraction of sp³-hybridized carbons (Fsp3) is 0.545. The zero-order chi connectivity index (χ0) is 19.5. The van der Waals surface area contributed by atoms with Gasteiger partial charge >= 0.3 is 6.03 Å². The van der Waals surface area contributed by atoms with Crippen LogP contribution in [0.5, 0.6) is 0 Å². The standard InChI is InChI=1S/C22H30N4O2/c1-17(27)25-15-11-21-20(16-25)23-22(28)26(21)19-9-13-24(14-10-19)12-5-8-18-6-3-2-4-7-18/h2-8,19-21H,9-16H2,1H3,(H,23,28)/b8-5+. The third kappa shape index (κ3) is 4.07. The second kappa shape index (κ2) is 8.35. The highest BCUT2D eigenvalue weighted by molar-refractivity contribution is 5.79. The van der Waals surface area contributed by atoms with Gasteiger partial charge in [-0.2, -0.15) is 0 Å². The maximum atomic E-state index is 12.6. The summed E-state index contributed by atoms with van der Waals surface area (Å²) >= 11 is 0. The summed E-state index contributed by atoms with van der Waals surface area (Å²) in [5.74, 6) is 0.100. The van der Waals surface area contributed by atoms with Crippen LogP contribution >= 0.6 is 0 Å². The van der Waals surface area contributed by atoms with Gasteiger partial charge in [-0.05, 0) is 24.8 Å². The minimum absolute atomic E-state index is 0.0582. The molecule has 4 rings (SSSR count). The van der Waals surface area contributed by atoms with Gasteiger partial charge in [0.2, 0.25) is 5.91 Å². The van der Waals surface area contributed by atoms with E-state index >= 15 is 0 Å². The monoisotopic (exact) mass is 382 g/mol. The molecule has 28 heavy (non-hydrogen) atoms. The Labute approximate surface area is 167 Å². The molecule has 6 heteroatoms. The highest BCUT2D eigenvalue weighted by atomic mass is 16.2. The Balaban J connectivity index is 1.28. The van der Waals surface area contributed by atoms with Crippen molar-refractivity contribution in [3.8, 4) is 0 Å². The number of nitrogens with zero attached hydrogens (tertiary/aromatic N) is 3. The van der Waals surface area contributed by atoms with Crippen molar-refractivity contribution in [3.05, 3.63) is 42.0 Å². The normalized spacial score (nSPS) is 26.5. The number of rotatable bonds is 4. The van der Waals surface area contributed by atoms with E-state index in [0.29, 0.717) is 12.6 Å². The Hall–Kier alpha value is -2.34. The quantitative estimate of drug-likeness (QED) is 0.868. The molecular weight excluding hydrogens is 352 g/mol. The average molecular weight is 383 g/mol. The van der Waals surface area contributed by atoms with Gasteiger partial charge in [-0.25, -0.2) is 4.79 Å². The first-order valence-corrected chi connectivity index (χ1v) is 10.4. The summed E-state index contributed by atoms with van der Waals surface area (Å²) in [6, 6.07) is 11.1. The molecule has 3 aliphatic heterocycles. The summed E-state index contributed by atoms with van der Waals surface area (Å²) < 4.78 is 0. The summed E-state index contributed by atoms with van der Waals surface area (Å²) in [4.78, 5) is 30.7. The van der Waals surface area contributed by atoms with Gasteiger partial charge in [0.05, 0.1) is 12.1 Å². The van der Waals surface area contributed by atoms with Gasteiger partial charge in [0.25, 0.3) is 0 Å². The summed E-state index contributed by atoms with van der Waals surface area (Å²) in [5, 5.41) is 3.12. The fourth-order valence-corrected chi connectivity index (χ4v) is 4.80. The summed E-state index contributed by atoms with van der Waals surface area (Å²) in [6.45, 7) is 6.00. The Bertz CT molecular complexity index is 727. The lowest BCUT2D eigenvalue weighted by atomic mass is 9.95. The number of likely N-dealkylation sites (tertiary alicyclic amines) is 2. The lowest BCUT2D eigenvalue weighted by Crippen LogP contribution is -2.55. The zero-order valence-electron chi connectivity index (χ0n) is 16.6. The summed E-state index contributed by atoms with van der Waals surface area (Å²) in [6.07, 6.45) is 7.32. The van der Waals surface area contributed by atoms with E-state index in [1.807, 2.05) is 11.0 Å². The highest BCUT2D eigenvalue weighted by Crippen LogP contribution is 2.29. The number of carbonyl (C=O) groups excluding carboxylic acids is 2. The molecule has 0 radical (unpaired) electrons. The van der Waals surface area contributed by atoms with Crippen LogP contribution in [-0.2, 0) is 4.79 Å². The van der Waals surface area contributed by atoms with Crippen LogP contribution in [-0.4, -0.2) is 77.5 Å². The van der Waals surface area contributed by atoms with E-state index in [2.05, 4.69) is 51.5 Å². The van der Waals surface area contributed by atoms with Crippen molar-refractivity contribution >= 4 is 18.0 Å². The van der Waals surface area contributed by atoms with Gasteiger partial charge in [0.15, 0.2) is 0 Å². The van der Waals surface area contributed by atoms with Crippen LogP contribution in [0, 0.1) is 0 Å². The van der Waals surface area contributed by atoms with Crippen molar-refractivity contribution in [1.82, 2.24) is 20.0 Å². The van der Waals surface area contributed by atoms with Crippen LogP contribution in [0.15, 0.2) is 36.4 Å². The lowest BCUT2D eigenvalue weighted by molar-refractivity contribution is -0.130. The molecule has 6 nitrogen and oxygen atoms in total. The molecule has 3 heterocycles. The largest absolute Gasteiger partial charge is 0.341 e. The van der Waals surface area contributed by atoms with Crippen LogP contribution < -0.4 is 5.32 Å². The van der Waals surface area contributed by atoms with Gasteiger partial charge < -0.3 is 15.1 Å². The van der Waals surface area contributed by atoms with Crippen molar-refractivity contribution in [3.63, 3.8) is 0 Å². The Morgan fingerprint density at radius 3 is 2.61 bits per heavy atom. The molecule has 3 saturated heterocycles. The van der Waals surface area contributed by atoms with E-state index < -0.39 is 0 Å². The lowest BCUT2D eigenvalue weighted by Gasteiger charge is -2.41.